The van der Waals surface area contributed by atoms with Crippen molar-refractivity contribution in [1.82, 2.24) is 20.0 Å². The standard InChI is InChI=1S/C13H19N5/c1-10-5-6-15-9-11(10)12(17-14)3-4-13-16-7-8-18(13)2/h5-9,12,17H,3-4,14H2,1-2H3. The lowest BCUT2D eigenvalue weighted by atomic mass is 10.00. The first-order chi connectivity index (χ1) is 8.72. The smallest absolute Gasteiger partial charge is 0.108 e. The number of pyridine rings is 1. The van der Waals surface area contributed by atoms with Crippen LogP contribution in [0.3, 0.4) is 0 Å². The van der Waals surface area contributed by atoms with Crippen LogP contribution in [0.5, 0.6) is 0 Å². The Labute approximate surface area is 107 Å². The number of hydrogen-bond acceptors (Lipinski definition) is 4. The monoisotopic (exact) mass is 245 g/mol. The summed E-state index contributed by atoms with van der Waals surface area (Å²) in [5, 5.41) is 0. The Hall–Kier alpha value is -1.72. The van der Waals surface area contributed by atoms with Crippen LogP contribution >= 0.6 is 0 Å². The van der Waals surface area contributed by atoms with Gasteiger partial charge in [-0.3, -0.25) is 16.3 Å². The van der Waals surface area contributed by atoms with Gasteiger partial charge in [0.05, 0.1) is 0 Å². The highest BCUT2D eigenvalue weighted by atomic mass is 15.2. The van der Waals surface area contributed by atoms with Crippen molar-refractivity contribution >= 4 is 0 Å². The zero-order valence-corrected chi connectivity index (χ0v) is 10.8. The first-order valence-electron chi connectivity index (χ1n) is 6.05. The van der Waals surface area contributed by atoms with E-state index in [4.69, 9.17) is 5.84 Å². The molecule has 0 aliphatic heterocycles. The lowest BCUT2D eigenvalue weighted by Crippen LogP contribution is -2.29. The number of nitrogens with zero attached hydrogens (tertiary/aromatic N) is 3. The molecule has 2 heterocycles. The minimum absolute atomic E-state index is 0.107. The molecule has 0 aliphatic carbocycles. The number of nitrogens with one attached hydrogen (secondary N) is 1. The van der Waals surface area contributed by atoms with Crippen LogP contribution in [0.15, 0.2) is 30.9 Å². The van der Waals surface area contributed by atoms with Gasteiger partial charge in [0.1, 0.15) is 5.82 Å². The number of aryl methyl sites for hydroxylation is 3. The average molecular weight is 245 g/mol. The molecule has 0 spiro atoms. The quantitative estimate of drug-likeness (QED) is 0.614. The Morgan fingerprint density at radius 2 is 2.28 bits per heavy atom. The molecule has 2 aromatic heterocycles. The highest BCUT2D eigenvalue weighted by molar-refractivity contribution is 5.25. The van der Waals surface area contributed by atoms with Crippen LogP contribution in [0.2, 0.25) is 0 Å². The van der Waals surface area contributed by atoms with Crippen molar-refractivity contribution in [3.8, 4) is 0 Å². The topological polar surface area (TPSA) is 68.8 Å². The van der Waals surface area contributed by atoms with E-state index in [1.165, 1.54) is 5.56 Å². The fraction of sp³-hybridized carbons (Fsp3) is 0.385. The molecule has 0 amide bonds. The largest absolute Gasteiger partial charge is 0.338 e. The molecule has 96 valence electrons. The van der Waals surface area contributed by atoms with Gasteiger partial charge in [-0.2, -0.15) is 0 Å². The molecular formula is C13H19N5. The number of rotatable bonds is 5. The molecule has 2 aromatic rings. The van der Waals surface area contributed by atoms with Crippen LogP contribution in [0.25, 0.3) is 0 Å². The van der Waals surface area contributed by atoms with Gasteiger partial charge in [-0.15, -0.1) is 0 Å². The Balaban J connectivity index is 2.07. The summed E-state index contributed by atoms with van der Waals surface area (Å²) in [6, 6.07) is 2.11. The van der Waals surface area contributed by atoms with Crippen molar-refractivity contribution in [3.05, 3.63) is 47.8 Å². The van der Waals surface area contributed by atoms with Gasteiger partial charge in [0.2, 0.25) is 0 Å². The first-order valence-corrected chi connectivity index (χ1v) is 6.05. The van der Waals surface area contributed by atoms with E-state index < -0.39 is 0 Å². The lowest BCUT2D eigenvalue weighted by molar-refractivity contribution is 0.503. The second-order valence-corrected chi connectivity index (χ2v) is 4.44. The van der Waals surface area contributed by atoms with Crippen LogP contribution in [0.4, 0.5) is 0 Å². The molecular weight excluding hydrogens is 226 g/mol. The Kier molecular flexibility index (Phi) is 4.07. The number of aromatic nitrogens is 3. The van der Waals surface area contributed by atoms with Gasteiger partial charge in [-0.05, 0) is 30.5 Å². The van der Waals surface area contributed by atoms with Crippen molar-refractivity contribution in [3.63, 3.8) is 0 Å². The summed E-state index contributed by atoms with van der Waals surface area (Å²) in [6.07, 6.45) is 9.22. The summed E-state index contributed by atoms with van der Waals surface area (Å²) >= 11 is 0. The fourth-order valence-electron chi connectivity index (χ4n) is 2.08. The molecule has 5 nitrogen and oxygen atoms in total. The summed E-state index contributed by atoms with van der Waals surface area (Å²) < 4.78 is 2.03. The van der Waals surface area contributed by atoms with Gasteiger partial charge >= 0.3 is 0 Å². The van der Waals surface area contributed by atoms with Gasteiger partial charge in [-0.25, -0.2) is 4.98 Å². The van der Waals surface area contributed by atoms with E-state index in [-0.39, 0.29) is 6.04 Å². The summed E-state index contributed by atoms with van der Waals surface area (Å²) in [5.74, 6) is 6.71. The summed E-state index contributed by atoms with van der Waals surface area (Å²) in [6.45, 7) is 2.07. The molecule has 2 rings (SSSR count). The molecule has 0 saturated carbocycles. The highest BCUT2D eigenvalue weighted by Gasteiger charge is 2.13. The van der Waals surface area contributed by atoms with E-state index in [1.807, 2.05) is 36.3 Å². The second kappa shape index (κ2) is 5.75. The minimum atomic E-state index is 0.107. The SMILES string of the molecule is Cc1ccncc1C(CCc1nccn1C)NN. The molecule has 0 aliphatic rings. The first kappa shape index (κ1) is 12.7. The Morgan fingerprint density at radius 3 is 2.89 bits per heavy atom. The fourth-order valence-corrected chi connectivity index (χ4v) is 2.08. The van der Waals surface area contributed by atoms with Crippen LogP contribution in [-0.4, -0.2) is 14.5 Å². The van der Waals surface area contributed by atoms with E-state index >= 15 is 0 Å². The maximum Gasteiger partial charge on any atom is 0.108 e. The van der Waals surface area contributed by atoms with Crippen molar-refractivity contribution < 1.29 is 0 Å². The third-order valence-corrected chi connectivity index (χ3v) is 3.23. The predicted octanol–water partition coefficient (Wildman–Crippen LogP) is 1.26. The minimum Gasteiger partial charge on any atom is -0.338 e. The third kappa shape index (κ3) is 2.75. The Bertz CT molecular complexity index is 506. The summed E-state index contributed by atoms with van der Waals surface area (Å²) in [4.78, 5) is 8.48. The van der Waals surface area contributed by atoms with Crippen molar-refractivity contribution in [2.24, 2.45) is 12.9 Å². The third-order valence-electron chi connectivity index (χ3n) is 3.23. The van der Waals surface area contributed by atoms with Crippen molar-refractivity contribution in [1.29, 1.82) is 0 Å². The molecule has 18 heavy (non-hydrogen) atoms. The maximum absolute atomic E-state index is 5.65. The molecule has 5 heteroatoms. The highest BCUT2D eigenvalue weighted by Crippen LogP contribution is 2.20. The number of nitrogens with two attached hydrogens (primary N) is 1. The van der Waals surface area contributed by atoms with E-state index in [2.05, 4.69) is 22.3 Å². The van der Waals surface area contributed by atoms with Gasteiger partial charge in [0.15, 0.2) is 0 Å². The molecule has 0 saturated heterocycles. The summed E-state index contributed by atoms with van der Waals surface area (Å²) in [7, 11) is 2.00. The van der Waals surface area contributed by atoms with Crippen LogP contribution < -0.4 is 11.3 Å². The van der Waals surface area contributed by atoms with Gasteiger partial charge < -0.3 is 4.57 Å². The normalized spacial score (nSPS) is 12.6. The van der Waals surface area contributed by atoms with Crippen LogP contribution in [0, 0.1) is 6.92 Å². The summed E-state index contributed by atoms with van der Waals surface area (Å²) in [5.41, 5.74) is 5.21. The Morgan fingerprint density at radius 1 is 1.44 bits per heavy atom. The zero-order chi connectivity index (χ0) is 13.0. The van der Waals surface area contributed by atoms with Crippen molar-refractivity contribution in [2.75, 3.05) is 0 Å². The number of hydrazine groups is 1. The number of imidazole rings is 1. The predicted molar refractivity (Wildman–Crippen MR) is 70.6 cm³/mol. The molecule has 0 fully saturated rings. The molecule has 1 unspecified atom stereocenters. The van der Waals surface area contributed by atoms with E-state index in [0.29, 0.717) is 0 Å². The second-order valence-electron chi connectivity index (χ2n) is 4.44. The van der Waals surface area contributed by atoms with Crippen molar-refractivity contribution in [2.45, 2.75) is 25.8 Å². The van der Waals surface area contributed by atoms with E-state index in [9.17, 15) is 0 Å². The van der Waals surface area contributed by atoms with Crippen LogP contribution in [0.1, 0.15) is 29.4 Å². The van der Waals surface area contributed by atoms with E-state index in [0.717, 1.165) is 24.2 Å². The van der Waals surface area contributed by atoms with E-state index in [1.54, 1.807) is 6.20 Å². The van der Waals surface area contributed by atoms with Gasteiger partial charge in [0, 0.05) is 44.3 Å². The average Bonchev–Trinajstić information content (AvgIpc) is 2.78. The molecule has 0 bridgehead atoms. The maximum atomic E-state index is 5.65. The molecule has 0 aromatic carbocycles. The number of hydrogen-bond donors (Lipinski definition) is 2. The van der Waals surface area contributed by atoms with Crippen LogP contribution in [-0.2, 0) is 13.5 Å². The molecule has 1 atom stereocenters. The lowest BCUT2D eigenvalue weighted by Gasteiger charge is -2.17. The zero-order valence-electron chi connectivity index (χ0n) is 10.8. The van der Waals surface area contributed by atoms with Gasteiger partial charge in [0.25, 0.3) is 0 Å². The van der Waals surface area contributed by atoms with Gasteiger partial charge in [-0.1, -0.05) is 0 Å². The molecule has 0 radical (unpaired) electrons. The molecule has 3 N–H and O–H groups in total.